The zero-order chi connectivity index (χ0) is 62.8. The van der Waals surface area contributed by atoms with Gasteiger partial charge in [-0.05, 0) is 119 Å². The number of fused-ring (bicyclic) bond motifs is 1. The van der Waals surface area contributed by atoms with E-state index in [1.54, 1.807) is 84.4 Å². The van der Waals surface area contributed by atoms with Crippen molar-refractivity contribution in [2.24, 2.45) is 28.8 Å². The minimum absolute atomic E-state index is 0.0146. The van der Waals surface area contributed by atoms with Crippen molar-refractivity contribution in [3.8, 4) is 0 Å². The number of rotatable bonds is 22. The molecule has 0 bridgehead atoms. The van der Waals surface area contributed by atoms with E-state index in [4.69, 9.17) is 42.7 Å². The van der Waals surface area contributed by atoms with Crippen LogP contribution < -0.4 is 15.8 Å². The van der Waals surface area contributed by atoms with Gasteiger partial charge in [-0.2, -0.15) is 0 Å². The molecule has 1 amide bonds. The molecule has 18 atom stereocenters. The second-order valence-electron chi connectivity index (χ2n) is 24.6. The van der Waals surface area contributed by atoms with Crippen LogP contribution in [0, 0.1) is 23.7 Å². The van der Waals surface area contributed by atoms with Crippen LogP contribution in [0.15, 0.2) is 34.3 Å². The van der Waals surface area contributed by atoms with E-state index in [1.165, 1.54) is 20.2 Å². The van der Waals surface area contributed by atoms with Crippen LogP contribution >= 0.6 is 0 Å². The number of likely N-dealkylation sites (N-methyl/N-ethyl adjacent to an activating group) is 2. The average molecular weight is 1190 g/mol. The van der Waals surface area contributed by atoms with Gasteiger partial charge in [-0.1, -0.05) is 45.8 Å². The smallest absolute Gasteiger partial charge is 0.407 e. The van der Waals surface area contributed by atoms with Gasteiger partial charge in [0.05, 0.1) is 59.9 Å². The highest BCUT2D eigenvalue weighted by molar-refractivity contribution is 5.93. The number of hydrogen-bond acceptors (Lipinski definition) is 21. The van der Waals surface area contributed by atoms with Crippen LogP contribution in [0.5, 0.6) is 0 Å². The summed E-state index contributed by atoms with van der Waals surface area (Å²) in [5, 5.41) is 68.2. The zero-order valence-electron chi connectivity index (χ0n) is 52.7. The molecule has 84 heavy (non-hydrogen) atoms. The van der Waals surface area contributed by atoms with Crippen molar-refractivity contribution in [2.75, 3.05) is 86.8 Å². The van der Waals surface area contributed by atoms with E-state index in [0.29, 0.717) is 49.0 Å². The van der Waals surface area contributed by atoms with Gasteiger partial charge in [0.15, 0.2) is 18.7 Å². The van der Waals surface area contributed by atoms with Crippen molar-refractivity contribution in [1.29, 1.82) is 0 Å². The Hall–Kier alpha value is -4.57. The quantitative estimate of drug-likeness (QED) is 0.0549. The number of pyridine rings is 1. The van der Waals surface area contributed by atoms with Gasteiger partial charge in [0.1, 0.15) is 35.6 Å². The standard InChI is InChI=1S/C60H100N6O18/c1-18-45-60(11,75)51(69)36(5)47(62-78-28-25-65(16)19-2)34(3)31-58(9,74)52(83-56-49(68)44(63(12)13)29-35(4)79-56)37(6)50(38(7)55(72)81-45)82-46-32-59(10,76-17)53(39(8)80-46)84-57(73)61-24-27-77-26-20-21-40-22-23-43-41(30-40)48(67)42(54(70)71)33-66(43)64(14)15/h22-23,30,33-39,44-46,49-53,56,68-69,74-75H,18-21,24-29,31-32H2,1-17H3,(H,61,73)(H,70,71)/t34-,35-,36+,37+,38-,39+,44+,45-,46+,49-,50+,51-,52-,53+,56+,58-,59-,60-/m1/s1. The Bertz CT molecular complexity index is 2560. The van der Waals surface area contributed by atoms with Crippen LogP contribution in [-0.2, 0) is 53.9 Å². The Morgan fingerprint density at radius 2 is 1.60 bits per heavy atom. The lowest BCUT2D eigenvalue weighted by Gasteiger charge is -2.49. The number of nitrogens with zero attached hydrogens (tertiary/aromatic N) is 5. The maximum absolute atomic E-state index is 14.7. The number of methoxy groups -OCH3 is 1. The van der Waals surface area contributed by atoms with Crippen molar-refractivity contribution in [1.82, 2.24) is 19.8 Å². The number of alkyl carbamates (subject to hydrolysis) is 1. The number of carboxylic acid groups (broad SMARTS) is 1. The lowest BCUT2D eigenvalue weighted by atomic mass is 9.73. The van der Waals surface area contributed by atoms with Gasteiger partial charge in [0.25, 0.3) is 0 Å². The largest absolute Gasteiger partial charge is 0.477 e. The second-order valence-corrected chi connectivity index (χ2v) is 24.6. The van der Waals surface area contributed by atoms with Gasteiger partial charge in [-0.25, -0.2) is 9.59 Å². The first kappa shape index (κ1) is 70.2. The van der Waals surface area contributed by atoms with Gasteiger partial charge < -0.3 is 88.4 Å². The predicted octanol–water partition coefficient (Wildman–Crippen LogP) is 4.13. The number of carbonyl (C=O) groups is 3. The fraction of sp³-hybridized carbons (Fsp3) is 0.783. The Morgan fingerprint density at radius 3 is 2.21 bits per heavy atom. The minimum atomic E-state index is -2.00. The van der Waals surface area contributed by atoms with E-state index < -0.39 is 119 Å². The predicted molar refractivity (Wildman–Crippen MR) is 314 cm³/mol. The molecular formula is C60H100N6O18. The highest BCUT2D eigenvalue weighted by Gasteiger charge is 2.54. The molecule has 2 aromatic rings. The van der Waals surface area contributed by atoms with E-state index in [9.17, 15) is 44.7 Å². The minimum Gasteiger partial charge on any atom is -0.477 e. The number of carboxylic acids is 1. The maximum atomic E-state index is 14.7. The molecule has 478 valence electrons. The van der Waals surface area contributed by atoms with Crippen LogP contribution in [0.1, 0.15) is 124 Å². The summed E-state index contributed by atoms with van der Waals surface area (Å²) in [6.45, 7) is 21.2. The SMILES string of the molecule is CC[C@H]1OC(=O)[C@H](C)[C@@H](O[C@H]2C[C@@](C)(OC)[C@@H](OC(=O)NCCOCCCc3ccc4c(c3)c(=O)c(C(=O)O)cn4N(C)C)[C@H](C)O2)[C@H](C)[C@@H](O[C@@H]2O[C@H](C)C[C@H](N(C)C)[C@H]2O)[C@](C)(O)C[C@@H](C)C(=NOCCN(C)CC)[C@H](C)[C@@H](O)[C@]1(C)O. The average Bonchev–Trinajstić information content (AvgIpc) is 1.44. The van der Waals surface area contributed by atoms with Crippen LogP contribution in [0.3, 0.4) is 0 Å². The molecule has 1 aromatic carbocycles. The van der Waals surface area contributed by atoms with Gasteiger partial charge in [-0.3, -0.25) is 14.3 Å². The van der Waals surface area contributed by atoms with E-state index in [1.807, 2.05) is 57.8 Å². The number of amides is 1. The van der Waals surface area contributed by atoms with Crippen molar-refractivity contribution in [2.45, 2.75) is 199 Å². The van der Waals surface area contributed by atoms with E-state index in [2.05, 4.69) is 10.5 Å². The zero-order valence-corrected chi connectivity index (χ0v) is 52.7. The molecule has 0 saturated carbocycles. The molecule has 3 saturated heterocycles. The number of carbonyl (C=O) groups excluding carboxylic acids is 2. The summed E-state index contributed by atoms with van der Waals surface area (Å²) in [4.78, 5) is 62.9. The number of aliphatic hydroxyl groups excluding tert-OH is 2. The number of aliphatic hydroxyl groups is 4. The second kappa shape index (κ2) is 30.4. The summed E-state index contributed by atoms with van der Waals surface area (Å²) in [6, 6.07) is 5.01. The van der Waals surface area contributed by atoms with Crippen molar-refractivity contribution in [3.05, 3.63) is 45.7 Å². The number of cyclic esters (lactones) is 1. The number of benzene rings is 1. The maximum Gasteiger partial charge on any atom is 0.407 e. The van der Waals surface area contributed by atoms with Crippen LogP contribution in [0.2, 0.25) is 0 Å². The third-order valence-corrected chi connectivity index (χ3v) is 17.3. The number of aromatic carboxylic acids is 1. The van der Waals surface area contributed by atoms with Crippen LogP contribution in [-0.4, -0.2) is 230 Å². The summed E-state index contributed by atoms with van der Waals surface area (Å²) in [5.41, 5.74) is -4.17. The number of oxime groups is 1. The molecular weight excluding hydrogens is 1090 g/mol. The molecule has 0 radical (unpaired) electrons. The Kier molecular flexibility index (Phi) is 25.4. The molecule has 24 nitrogen and oxygen atoms in total. The highest BCUT2D eigenvalue weighted by atomic mass is 16.7. The Balaban J connectivity index is 1.36. The number of aryl methyl sites for hydroxylation is 1. The van der Waals surface area contributed by atoms with Gasteiger partial charge >= 0.3 is 18.0 Å². The van der Waals surface area contributed by atoms with Crippen molar-refractivity contribution >= 4 is 34.6 Å². The molecule has 0 aliphatic carbocycles. The third kappa shape index (κ3) is 17.1. The van der Waals surface area contributed by atoms with Crippen molar-refractivity contribution < 1.29 is 82.6 Å². The summed E-state index contributed by atoms with van der Waals surface area (Å²) in [5.74, 6) is -5.64. The first-order valence-electron chi connectivity index (χ1n) is 29.7. The van der Waals surface area contributed by atoms with Gasteiger partial charge in [0, 0.05) is 82.7 Å². The lowest BCUT2D eigenvalue weighted by molar-refractivity contribution is -0.317. The van der Waals surface area contributed by atoms with Crippen LogP contribution in [0.25, 0.3) is 10.9 Å². The molecule has 0 spiro atoms. The van der Waals surface area contributed by atoms with Gasteiger partial charge in [0.2, 0.25) is 5.43 Å². The first-order chi connectivity index (χ1) is 39.3. The van der Waals surface area contributed by atoms with E-state index in [0.717, 1.165) is 12.1 Å². The number of aromatic nitrogens is 1. The molecule has 3 aliphatic rings. The number of nitrogens with one attached hydrogen (secondary N) is 1. The van der Waals surface area contributed by atoms with E-state index >= 15 is 0 Å². The third-order valence-electron chi connectivity index (χ3n) is 17.3. The normalized spacial score (nSPS) is 35.2. The van der Waals surface area contributed by atoms with Crippen molar-refractivity contribution in [3.63, 3.8) is 0 Å². The summed E-state index contributed by atoms with van der Waals surface area (Å²) in [7, 11) is 10.6. The monoisotopic (exact) mass is 1190 g/mol. The molecule has 5 rings (SSSR count). The molecule has 6 N–H and O–H groups in total. The number of ether oxygens (including phenoxy) is 8. The molecule has 3 fully saturated rings. The fourth-order valence-corrected chi connectivity index (χ4v) is 12.1. The molecule has 1 aromatic heterocycles. The summed E-state index contributed by atoms with van der Waals surface area (Å²) < 4.78 is 52.3. The molecule has 4 heterocycles. The Labute approximate surface area is 495 Å². The fourth-order valence-electron chi connectivity index (χ4n) is 12.1. The lowest BCUT2D eigenvalue weighted by Crippen LogP contribution is -2.61. The topological polar surface area (TPSA) is 292 Å². The van der Waals surface area contributed by atoms with E-state index in [-0.39, 0.29) is 56.7 Å². The molecule has 0 unspecified atom stereocenters. The number of hydrogen-bond donors (Lipinski definition) is 6. The number of esters is 1. The first-order valence-corrected chi connectivity index (χ1v) is 29.7. The summed E-state index contributed by atoms with van der Waals surface area (Å²) in [6.07, 6.45) is -8.61. The molecule has 3 aliphatic heterocycles. The highest BCUT2D eigenvalue weighted by Crippen LogP contribution is 2.42. The van der Waals surface area contributed by atoms with Gasteiger partial charge in [-0.15, -0.1) is 0 Å². The van der Waals surface area contributed by atoms with Crippen LogP contribution in [0.4, 0.5) is 4.79 Å². The Morgan fingerprint density at radius 1 is 0.905 bits per heavy atom. The molecule has 24 heteroatoms. The summed E-state index contributed by atoms with van der Waals surface area (Å²) >= 11 is 0.